The number of benzene rings is 2. The Morgan fingerprint density at radius 1 is 0.846 bits per heavy atom. The lowest BCUT2D eigenvalue weighted by molar-refractivity contribution is -0.123. The highest BCUT2D eigenvalue weighted by Crippen LogP contribution is 2.23. The van der Waals surface area contributed by atoms with E-state index in [0.29, 0.717) is 17.1 Å². The van der Waals surface area contributed by atoms with Gasteiger partial charge in [0.25, 0.3) is 0 Å². The standard InChI is InChI=1S/C20H23N3O3/c1-13(2)17-9-4-5-10-18(17)23-20(26)12-19(25)22-16-8-6-7-15(11-16)21-14(3)24/h4-11,13H,12H2,1-3H3,(H,21,24)(H,22,25)(H,23,26). The smallest absolute Gasteiger partial charge is 0.233 e. The van der Waals surface area contributed by atoms with Crippen LogP contribution in [0.2, 0.25) is 0 Å². The number of hydrogen-bond donors (Lipinski definition) is 3. The van der Waals surface area contributed by atoms with E-state index in [0.717, 1.165) is 5.56 Å². The van der Waals surface area contributed by atoms with E-state index in [2.05, 4.69) is 16.0 Å². The second kappa shape index (κ2) is 8.80. The van der Waals surface area contributed by atoms with Gasteiger partial charge in [-0.15, -0.1) is 0 Å². The molecule has 3 amide bonds. The first-order valence-corrected chi connectivity index (χ1v) is 8.41. The third-order valence-corrected chi connectivity index (χ3v) is 3.64. The summed E-state index contributed by atoms with van der Waals surface area (Å²) in [6.45, 7) is 5.49. The second-order valence-electron chi connectivity index (χ2n) is 6.28. The van der Waals surface area contributed by atoms with Crippen molar-refractivity contribution in [3.05, 3.63) is 54.1 Å². The van der Waals surface area contributed by atoms with Gasteiger partial charge in [0, 0.05) is 24.0 Å². The molecule has 0 aliphatic heterocycles. The Morgan fingerprint density at radius 3 is 2.12 bits per heavy atom. The highest BCUT2D eigenvalue weighted by atomic mass is 16.2. The van der Waals surface area contributed by atoms with Gasteiger partial charge in [-0.2, -0.15) is 0 Å². The minimum absolute atomic E-state index is 0.198. The lowest BCUT2D eigenvalue weighted by Gasteiger charge is -2.13. The average molecular weight is 353 g/mol. The van der Waals surface area contributed by atoms with Crippen molar-refractivity contribution in [3.8, 4) is 0 Å². The lowest BCUT2D eigenvalue weighted by atomic mass is 10.0. The fourth-order valence-electron chi connectivity index (χ4n) is 2.54. The maximum Gasteiger partial charge on any atom is 0.233 e. The number of para-hydroxylation sites is 1. The molecule has 0 aromatic heterocycles. The largest absolute Gasteiger partial charge is 0.326 e. The molecule has 0 aliphatic rings. The molecule has 0 fully saturated rings. The van der Waals surface area contributed by atoms with Crippen LogP contribution in [-0.4, -0.2) is 17.7 Å². The van der Waals surface area contributed by atoms with Crippen molar-refractivity contribution >= 4 is 34.8 Å². The molecule has 3 N–H and O–H groups in total. The zero-order valence-electron chi connectivity index (χ0n) is 15.1. The van der Waals surface area contributed by atoms with E-state index in [1.54, 1.807) is 24.3 Å². The van der Waals surface area contributed by atoms with Gasteiger partial charge in [-0.3, -0.25) is 14.4 Å². The highest BCUT2D eigenvalue weighted by molar-refractivity contribution is 6.08. The van der Waals surface area contributed by atoms with Crippen molar-refractivity contribution in [2.45, 2.75) is 33.1 Å². The number of carbonyl (C=O) groups is 3. The second-order valence-corrected chi connectivity index (χ2v) is 6.28. The molecular weight excluding hydrogens is 330 g/mol. The van der Waals surface area contributed by atoms with E-state index in [-0.39, 0.29) is 24.2 Å². The van der Waals surface area contributed by atoms with Crippen molar-refractivity contribution in [3.63, 3.8) is 0 Å². The third kappa shape index (κ3) is 5.73. The molecule has 0 aliphatic carbocycles. The Kier molecular flexibility index (Phi) is 6.49. The molecule has 6 nitrogen and oxygen atoms in total. The van der Waals surface area contributed by atoms with Gasteiger partial charge in [0.15, 0.2) is 0 Å². The van der Waals surface area contributed by atoms with E-state index < -0.39 is 5.91 Å². The summed E-state index contributed by atoms with van der Waals surface area (Å²) >= 11 is 0. The number of carbonyl (C=O) groups excluding carboxylic acids is 3. The number of rotatable bonds is 6. The van der Waals surface area contributed by atoms with Gasteiger partial charge in [-0.05, 0) is 35.7 Å². The normalized spacial score (nSPS) is 10.3. The molecule has 0 heterocycles. The first-order valence-electron chi connectivity index (χ1n) is 8.41. The molecule has 2 aromatic rings. The molecule has 2 rings (SSSR count). The number of hydrogen-bond acceptors (Lipinski definition) is 3. The summed E-state index contributed by atoms with van der Waals surface area (Å²) in [6.07, 6.45) is -0.295. The predicted molar refractivity (Wildman–Crippen MR) is 103 cm³/mol. The predicted octanol–water partition coefficient (Wildman–Crippen LogP) is 3.74. The summed E-state index contributed by atoms with van der Waals surface area (Å²) in [4.78, 5) is 35.4. The molecular formula is C20H23N3O3. The monoisotopic (exact) mass is 353 g/mol. The maximum atomic E-state index is 12.2. The molecule has 0 unspecified atom stereocenters. The molecule has 26 heavy (non-hydrogen) atoms. The van der Waals surface area contributed by atoms with Crippen LogP contribution in [0.5, 0.6) is 0 Å². The molecule has 0 spiro atoms. The van der Waals surface area contributed by atoms with E-state index in [1.165, 1.54) is 6.92 Å². The molecule has 6 heteroatoms. The van der Waals surface area contributed by atoms with Crippen LogP contribution in [0.25, 0.3) is 0 Å². The summed E-state index contributed by atoms with van der Waals surface area (Å²) in [5.74, 6) is -0.744. The van der Waals surface area contributed by atoms with Gasteiger partial charge in [-0.25, -0.2) is 0 Å². The van der Waals surface area contributed by atoms with Crippen LogP contribution in [-0.2, 0) is 14.4 Å². The first kappa shape index (κ1) is 19.2. The fraction of sp³-hybridized carbons (Fsp3) is 0.250. The summed E-state index contributed by atoms with van der Waals surface area (Å²) in [5, 5.41) is 8.09. The van der Waals surface area contributed by atoms with Gasteiger partial charge < -0.3 is 16.0 Å². The molecule has 0 bridgehead atoms. The third-order valence-electron chi connectivity index (χ3n) is 3.64. The van der Waals surface area contributed by atoms with Crippen LogP contribution < -0.4 is 16.0 Å². The van der Waals surface area contributed by atoms with Crippen molar-refractivity contribution in [1.29, 1.82) is 0 Å². The Balaban J connectivity index is 1.96. The van der Waals surface area contributed by atoms with Crippen LogP contribution >= 0.6 is 0 Å². The van der Waals surface area contributed by atoms with Crippen LogP contribution in [0.4, 0.5) is 17.1 Å². The zero-order chi connectivity index (χ0) is 19.1. The van der Waals surface area contributed by atoms with E-state index in [4.69, 9.17) is 0 Å². The van der Waals surface area contributed by atoms with Crippen molar-refractivity contribution in [2.24, 2.45) is 0 Å². The SMILES string of the molecule is CC(=O)Nc1cccc(NC(=O)CC(=O)Nc2ccccc2C(C)C)c1. The number of amides is 3. The van der Waals surface area contributed by atoms with Crippen LogP contribution in [0, 0.1) is 0 Å². The molecule has 2 aromatic carbocycles. The maximum absolute atomic E-state index is 12.2. The van der Waals surface area contributed by atoms with E-state index in [9.17, 15) is 14.4 Å². The van der Waals surface area contributed by atoms with E-state index >= 15 is 0 Å². The molecule has 136 valence electrons. The summed E-state index contributed by atoms with van der Waals surface area (Å²) in [6, 6.07) is 14.3. The van der Waals surface area contributed by atoms with Crippen molar-refractivity contribution in [2.75, 3.05) is 16.0 Å². The Morgan fingerprint density at radius 2 is 1.46 bits per heavy atom. The summed E-state index contributed by atoms with van der Waals surface area (Å²) < 4.78 is 0. The van der Waals surface area contributed by atoms with Crippen molar-refractivity contribution < 1.29 is 14.4 Å². The lowest BCUT2D eigenvalue weighted by Crippen LogP contribution is -2.22. The molecule has 0 atom stereocenters. The van der Waals surface area contributed by atoms with Crippen LogP contribution in [0.1, 0.15) is 38.7 Å². The Bertz CT molecular complexity index is 815. The van der Waals surface area contributed by atoms with Gasteiger partial charge in [0.2, 0.25) is 17.7 Å². The van der Waals surface area contributed by atoms with Gasteiger partial charge in [0.05, 0.1) is 0 Å². The van der Waals surface area contributed by atoms with Gasteiger partial charge in [0.1, 0.15) is 6.42 Å². The highest BCUT2D eigenvalue weighted by Gasteiger charge is 2.13. The number of anilines is 3. The average Bonchev–Trinajstić information content (AvgIpc) is 2.54. The van der Waals surface area contributed by atoms with E-state index in [1.807, 2.05) is 38.1 Å². The summed E-state index contributed by atoms with van der Waals surface area (Å²) in [5.41, 5.74) is 2.82. The Hall–Kier alpha value is -3.15. The number of nitrogens with one attached hydrogen (secondary N) is 3. The Labute approximate surface area is 153 Å². The molecule has 0 saturated carbocycles. The molecule has 0 saturated heterocycles. The molecule has 0 radical (unpaired) electrons. The quantitative estimate of drug-likeness (QED) is 0.692. The fourth-order valence-corrected chi connectivity index (χ4v) is 2.54. The topological polar surface area (TPSA) is 87.3 Å². The minimum Gasteiger partial charge on any atom is -0.326 e. The summed E-state index contributed by atoms with van der Waals surface area (Å²) in [7, 11) is 0. The van der Waals surface area contributed by atoms with Gasteiger partial charge >= 0.3 is 0 Å². The van der Waals surface area contributed by atoms with Crippen molar-refractivity contribution in [1.82, 2.24) is 0 Å². The first-order chi connectivity index (χ1) is 12.3. The van der Waals surface area contributed by atoms with Gasteiger partial charge in [-0.1, -0.05) is 38.1 Å². The van der Waals surface area contributed by atoms with Crippen LogP contribution in [0.3, 0.4) is 0 Å². The van der Waals surface area contributed by atoms with Crippen LogP contribution in [0.15, 0.2) is 48.5 Å². The minimum atomic E-state index is -0.426. The zero-order valence-corrected chi connectivity index (χ0v) is 15.1.